The van der Waals surface area contributed by atoms with Crippen LogP contribution in [0.5, 0.6) is 0 Å². The van der Waals surface area contributed by atoms with Crippen LogP contribution in [0.4, 0.5) is 10.1 Å². The van der Waals surface area contributed by atoms with E-state index in [1.54, 1.807) is 4.90 Å². The van der Waals surface area contributed by atoms with Gasteiger partial charge in [0, 0.05) is 18.8 Å². The van der Waals surface area contributed by atoms with Crippen molar-refractivity contribution in [2.75, 3.05) is 31.5 Å². The first-order valence-corrected chi connectivity index (χ1v) is 6.16. The number of amides is 2. The quantitative estimate of drug-likeness (QED) is 0.865. The van der Waals surface area contributed by atoms with Gasteiger partial charge in [-0.25, -0.2) is 4.39 Å². The van der Waals surface area contributed by atoms with Crippen LogP contribution in [0, 0.1) is 5.82 Å². The Morgan fingerprint density at radius 2 is 2.32 bits per heavy atom. The van der Waals surface area contributed by atoms with Crippen LogP contribution in [-0.2, 0) is 9.59 Å². The van der Waals surface area contributed by atoms with E-state index < -0.39 is 5.82 Å². The second-order valence-corrected chi connectivity index (χ2v) is 4.64. The van der Waals surface area contributed by atoms with Crippen molar-refractivity contribution in [2.45, 2.75) is 0 Å². The van der Waals surface area contributed by atoms with Crippen LogP contribution in [0.3, 0.4) is 0 Å². The van der Waals surface area contributed by atoms with Crippen molar-refractivity contribution in [1.29, 1.82) is 0 Å². The first-order chi connectivity index (χ1) is 9.04. The molecular formula is C12H13ClFN3O2. The average Bonchev–Trinajstić information content (AvgIpc) is 2.34. The Morgan fingerprint density at radius 1 is 1.53 bits per heavy atom. The van der Waals surface area contributed by atoms with Crippen molar-refractivity contribution in [2.24, 2.45) is 0 Å². The van der Waals surface area contributed by atoms with E-state index in [-0.39, 0.29) is 29.9 Å². The van der Waals surface area contributed by atoms with Crippen LogP contribution in [0.25, 0.3) is 0 Å². The minimum atomic E-state index is -0.535. The van der Waals surface area contributed by atoms with Gasteiger partial charge in [-0.3, -0.25) is 14.5 Å². The molecule has 7 heteroatoms. The maximum atomic E-state index is 13.0. The zero-order valence-electron chi connectivity index (χ0n) is 10.1. The number of anilines is 1. The summed E-state index contributed by atoms with van der Waals surface area (Å²) in [6.45, 7) is 1.48. The Balaban J connectivity index is 1.90. The van der Waals surface area contributed by atoms with Crippen LogP contribution < -0.4 is 10.6 Å². The fourth-order valence-corrected chi connectivity index (χ4v) is 1.98. The zero-order chi connectivity index (χ0) is 13.8. The van der Waals surface area contributed by atoms with E-state index in [4.69, 9.17) is 11.6 Å². The lowest BCUT2D eigenvalue weighted by Crippen LogP contribution is -2.49. The topological polar surface area (TPSA) is 61.4 Å². The smallest absolute Gasteiger partial charge is 0.238 e. The van der Waals surface area contributed by atoms with E-state index in [1.165, 1.54) is 18.2 Å². The van der Waals surface area contributed by atoms with Crippen LogP contribution in [-0.4, -0.2) is 42.9 Å². The molecule has 0 bridgehead atoms. The highest BCUT2D eigenvalue weighted by molar-refractivity contribution is 6.31. The molecule has 1 aliphatic rings. The van der Waals surface area contributed by atoms with E-state index in [0.717, 1.165) is 0 Å². The van der Waals surface area contributed by atoms with Gasteiger partial charge in [-0.1, -0.05) is 11.6 Å². The molecule has 0 aromatic heterocycles. The molecule has 5 nitrogen and oxygen atoms in total. The molecule has 0 aliphatic carbocycles. The number of nitrogens with one attached hydrogen (secondary N) is 2. The monoisotopic (exact) mass is 285 g/mol. The molecule has 0 spiro atoms. The van der Waals surface area contributed by atoms with Gasteiger partial charge in [0.05, 0.1) is 18.1 Å². The maximum absolute atomic E-state index is 13.0. The van der Waals surface area contributed by atoms with Crippen molar-refractivity contribution < 1.29 is 14.0 Å². The lowest BCUT2D eigenvalue weighted by molar-refractivity contribution is -0.125. The fourth-order valence-electron chi connectivity index (χ4n) is 1.80. The molecule has 1 aromatic rings. The Kier molecular flexibility index (Phi) is 4.34. The Hall–Kier alpha value is -1.66. The second kappa shape index (κ2) is 5.99. The number of hydrogen-bond donors (Lipinski definition) is 2. The number of carbonyl (C=O) groups is 2. The van der Waals surface area contributed by atoms with Crippen molar-refractivity contribution >= 4 is 29.1 Å². The van der Waals surface area contributed by atoms with E-state index in [1.807, 2.05) is 0 Å². The highest BCUT2D eigenvalue weighted by Crippen LogP contribution is 2.19. The molecule has 1 saturated heterocycles. The number of hydrogen-bond acceptors (Lipinski definition) is 3. The third-order valence-electron chi connectivity index (χ3n) is 2.69. The number of halogens is 2. The Labute approximate surface area is 114 Å². The zero-order valence-corrected chi connectivity index (χ0v) is 10.8. The standard InChI is InChI=1S/C12H13ClFN3O2/c13-9-5-8(1-2-10(9)14)16-12(19)7-17-4-3-15-11(18)6-17/h1-2,5H,3-4,6-7H2,(H,15,18)(H,16,19). The summed E-state index contributed by atoms with van der Waals surface area (Å²) in [6.07, 6.45) is 0. The molecule has 0 radical (unpaired) electrons. The van der Waals surface area contributed by atoms with Gasteiger partial charge in [0.25, 0.3) is 0 Å². The van der Waals surface area contributed by atoms with Crippen LogP contribution in [0.1, 0.15) is 0 Å². The van der Waals surface area contributed by atoms with E-state index in [9.17, 15) is 14.0 Å². The molecule has 0 saturated carbocycles. The molecule has 0 atom stereocenters. The summed E-state index contributed by atoms with van der Waals surface area (Å²) in [5.74, 6) is -0.895. The summed E-state index contributed by atoms with van der Waals surface area (Å²) in [7, 11) is 0. The van der Waals surface area contributed by atoms with Gasteiger partial charge >= 0.3 is 0 Å². The average molecular weight is 286 g/mol. The minimum absolute atomic E-state index is 0.0462. The minimum Gasteiger partial charge on any atom is -0.354 e. The van der Waals surface area contributed by atoms with E-state index in [2.05, 4.69) is 10.6 Å². The Morgan fingerprint density at radius 3 is 3.00 bits per heavy atom. The Bertz CT molecular complexity index is 510. The van der Waals surface area contributed by atoms with Gasteiger partial charge in [-0.2, -0.15) is 0 Å². The third kappa shape index (κ3) is 3.90. The molecule has 102 valence electrons. The lowest BCUT2D eigenvalue weighted by Gasteiger charge is -2.25. The van der Waals surface area contributed by atoms with Gasteiger partial charge in [-0.05, 0) is 18.2 Å². The molecule has 1 aliphatic heterocycles. The van der Waals surface area contributed by atoms with Crippen molar-refractivity contribution in [3.05, 3.63) is 29.0 Å². The SMILES string of the molecule is O=C1CN(CC(=O)Nc2ccc(F)c(Cl)c2)CCN1. The molecule has 2 amide bonds. The van der Waals surface area contributed by atoms with Crippen LogP contribution in [0.15, 0.2) is 18.2 Å². The van der Waals surface area contributed by atoms with Gasteiger partial charge in [-0.15, -0.1) is 0 Å². The highest BCUT2D eigenvalue weighted by atomic mass is 35.5. The van der Waals surface area contributed by atoms with Crippen molar-refractivity contribution in [1.82, 2.24) is 10.2 Å². The summed E-state index contributed by atoms with van der Waals surface area (Å²) in [5.41, 5.74) is 0.429. The molecule has 1 aromatic carbocycles. The van der Waals surface area contributed by atoms with Gasteiger partial charge in [0.15, 0.2) is 0 Å². The highest BCUT2D eigenvalue weighted by Gasteiger charge is 2.18. The van der Waals surface area contributed by atoms with Gasteiger partial charge in [0.1, 0.15) is 5.82 Å². The van der Waals surface area contributed by atoms with Crippen LogP contribution >= 0.6 is 11.6 Å². The largest absolute Gasteiger partial charge is 0.354 e. The molecule has 2 N–H and O–H groups in total. The molecule has 2 rings (SSSR count). The summed E-state index contributed by atoms with van der Waals surface area (Å²) in [6, 6.07) is 3.96. The second-order valence-electron chi connectivity index (χ2n) is 4.24. The molecule has 19 heavy (non-hydrogen) atoms. The summed E-state index contributed by atoms with van der Waals surface area (Å²) in [4.78, 5) is 24.6. The number of rotatable bonds is 3. The lowest BCUT2D eigenvalue weighted by atomic mass is 10.3. The summed E-state index contributed by atoms with van der Waals surface area (Å²) < 4.78 is 13.0. The van der Waals surface area contributed by atoms with Gasteiger partial charge in [0.2, 0.25) is 11.8 Å². The predicted molar refractivity (Wildman–Crippen MR) is 69.5 cm³/mol. The first-order valence-electron chi connectivity index (χ1n) is 5.78. The van der Waals surface area contributed by atoms with E-state index >= 15 is 0 Å². The van der Waals surface area contributed by atoms with Crippen LogP contribution in [0.2, 0.25) is 5.02 Å². The van der Waals surface area contributed by atoms with Crippen molar-refractivity contribution in [3.63, 3.8) is 0 Å². The number of nitrogens with zero attached hydrogens (tertiary/aromatic N) is 1. The van der Waals surface area contributed by atoms with Crippen molar-refractivity contribution in [3.8, 4) is 0 Å². The maximum Gasteiger partial charge on any atom is 0.238 e. The molecular weight excluding hydrogens is 273 g/mol. The van der Waals surface area contributed by atoms with E-state index in [0.29, 0.717) is 18.8 Å². The number of benzene rings is 1. The number of carbonyl (C=O) groups excluding carboxylic acids is 2. The van der Waals surface area contributed by atoms with Gasteiger partial charge < -0.3 is 10.6 Å². The molecule has 0 unspecified atom stereocenters. The number of piperazine rings is 1. The molecule has 1 fully saturated rings. The molecule has 1 heterocycles. The normalized spacial score (nSPS) is 16.0. The fraction of sp³-hybridized carbons (Fsp3) is 0.333. The first kappa shape index (κ1) is 13.8. The summed E-state index contributed by atoms with van der Waals surface area (Å²) in [5, 5.41) is 5.24. The predicted octanol–water partition coefficient (Wildman–Crippen LogP) is 0.849. The third-order valence-corrected chi connectivity index (χ3v) is 2.98. The summed E-state index contributed by atoms with van der Waals surface area (Å²) >= 11 is 5.62.